The van der Waals surface area contributed by atoms with Crippen LogP contribution >= 0.6 is 11.3 Å². The van der Waals surface area contributed by atoms with Crippen LogP contribution in [0.15, 0.2) is 23.6 Å². The molecule has 0 aliphatic carbocycles. The topological polar surface area (TPSA) is 99.6 Å². The number of hydrogen-bond donors (Lipinski definition) is 2. The first-order valence-corrected chi connectivity index (χ1v) is 9.60. The number of thiazole rings is 1. The van der Waals surface area contributed by atoms with E-state index in [1.54, 1.807) is 36.3 Å². The summed E-state index contributed by atoms with van der Waals surface area (Å²) in [4.78, 5) is 41.4. The molecule has 7 nitrogen and oxygen atoms in total. The van der Waals surface area contributed by atoms with Crippen molar-refractivity contribution in [1.82, 2.24) is 4.98 Å². The number of carboxylic acids is 1. The average Bonchev–Trinajstić information content (AvgIpc) is 3.20. The minimum Gasteiger partial charge on any atom is -0.481 e. The molecule has 2 amide bonds. The summed E-state index contributed by atoms with van der Waals surface area (Å²) in [5.41, 5.74) is 3.11. The zero-order valence-corrected chi connectivity index (χ0v) is 16.0. The zero-order chi connectivity index (χ0) is 19.6. The molecule has 2 aromatic rings. The maximum atomic E-state index is 12.7. The highest BCUT2D eigenvalue weighted by atomic mass is 32.1. The number of rotatable bonds is 6. The number of hydrogen-bond acceptors (Lipinski definition) is 5. The maximum absolute atomic E-state index is 12.7. The van der Waals surface area contributed by atoms with Crippen LogP contribution in [0.4, 0.5) is 10.8 Å². The molecule has 3 rings (SSSR count). The first-order valence-electron chi connectivity index (χ1n) is 8.72. The molecule has 0 bridgehead atoms. The van der Waals surface area contributed by atoms with E-state index in [-0.39, 0.29) is 30.6 Å². The van der Waals surface area contributed by atoms with E-state index in [4.69, 9.17) is 5.11 Å². The summed E-state index contributed by atoms with van der Waals surface area (Å²) in [5.74, 6) is -1.24. The lowest BCUT2D eigenvalue weighted by atomic mass is 10.1. The fourth-order valence-electron chi connectivity index (χ4n) is 2.91. The van der Waals surface area contributed by atoms with Gasteiger partial charge in [0.2, 0.25) is 11.8 Å². The van der Waals surface area contributed by atoms with Gasteiger partial charge in [0.25, 0.3) is 0 Å². The molecule has 0 radical (unpaired) electrons. The maximum Gasteiger partial charge on any atom is 0.307 e. The van der Waals surface area contributed by atoms with E-state index in [2.05, 4.69) is 10.3 Å². The second-order valence-electron chi connectivity index (χ2n) is 6.79. The molecule has 142 valence electrons. The van der Waals surface area contributed by atoms with Gasteiger partial charge < -0.3 is 15.3 Å². The molecular weight excluding hydrogens is 366 g/mol. The Balaban J connectivity index is 1.69. The lowest BCUT2D eigenvalue weighted by molar-refractivity contribution is -0.136. The van der Waals surface area contributed by atoms with Gasteiger partial charge in [-0.2, -0.15) is 0 Å². The Morgan fingerprint density at radius 2 is 2.07 bits per heavy atom. The summed E-state index contributed by atoms with van der Waals surface area (Å²) in [5, 5.41) is 14.0. The van der Waals surface area contributed by atoms with E-state index < -0.39 is 5.97 Å². The molecule has 2 heterocycles. The second-order valence-corrected chi connectivity index (χ2v) is 7.65. The third-order valence-electron chi connectivity index (χ3n) is 4.34. The van der Waals surface area contributed by atoms with Crippen molar-refractivity contribution in [1.29, 1.82) is 0 Å². The number of carboxylic acid groups (broad SMARTS) is 1. The van der Waals surface area contributed by atoms with Gasteiger partial charge >= 0.3 is 5.97 Å². The quantitative estimate of drug-likeness (QED) is 0.793. The second kappa shape index (κ2) is 7.87. The van der Waals surface area contributed by atoms with Crippen molar-refractivity contribution in [2.24, 2.45) is 5.92 Å². The van der Waals surface area contributed by atoms with E-state index in [1.807, 2.05) is 6.07 Å². The molecule has 27 heavy (non-hydrogen) atoms. The van der Waals surface area contributed by atoms with Crippen molar-refractivity contribution >= 4 is 39.9 Å². The van der Waals surface area contributed by atoms with Gasteiger partial charge in [-0.05, 0) is 23.6 Å². The molecule has 0 atom stereocenters. The fourth-order valence-corrected chi connectivity index (χ4v) is 3.63. The number of anilines is 2. The van der Waals surface area contributed by atoms with Crippen LogP contribution < -0.4 is 10.2 Å². The SMILES string of the molecule is CC(C)C(=O)Nc1nc(CC(=O)N2CCc3ccc(CC(=O)O)cc32)cs1. The summed E-state index contributed by atoms with van der Waals surface area (Å²) in [7, 11) is 0. The lowest BCUT2D eigenvalue weighted by Gasteiger charge is -2.17. The van der Waals surface area contributed by atoms with Crippen LogP contribution in [-0.4, -0.2) is 34.4 Å². The molecule has 0 unspecified atom stereocenters. The molecule has 0 saturated carbocycles. The fraction of sp³-hybridized carbons (Fsp3) is 0.368. The van der Waals surface area contributed by atoms with Crippen molar-refractivity contribution in [2.45, 2.75) is 33.1 Å². The molecule has 2 N–H and O–H groups in total. The average molecular weight is 387 g/mol. The molecule has 1 aliphatic rings. The van der Waals surface area contributed by atoms with Crippen LogP contribution in [0.2, 0.25) is 0 Å². The van der Waals surface area contributed by atoms with Crippen molar-refractivity contribution in [2.75, 3.05) is 16.8 Å². The molecule has 0 saturated heterocycles. The molecule has 1 aromatic heterocycles. The summed E-state index contributed by atoms with van der Waals surface area (Å²) in [6, 6.07) is 5.47. The van der Waals surface area contributed by atoms with Gasteiger partial charge in [0.05, 0.1) is 18.5 Å². The van der Waals surface area contributed by atoms with E-state index in [0.717, 1.165) is 17.7 Å². The number of carbonyl (C=O) groups excluding carboxylic acids is 2. The first-order chi connectivity index (χ1) is 12.8. The van der Waals surface area contributed by atoms with Crippen LogP contribution in [0.5, 0.6) is 0 Å². The van der Waals surface area contributed by atoms with Crippen LogP contribution in [0.3, 0.4) is 0 Å². The monoisotopic (exact) mass is 387 g/mol. The highest BCUT2D eigenvalue weighted by molar-refractivity contribution is 7.13. The lowest BCUT2D eigenvalue weighted by Crippen LogP contribution is -2.30. The standard InChI is InChI=1S/C19H21N3O4S/c1-11(2)18(26)21-19-20-14(10-27-19)9-16(23)22-6-5-13-4-3-12(7-15(13)22)8-17(24)25/h3-4,7,10-11H,5-6,8-9H2,1-2H3,(H,24,25)(H,20,21,26). The first kappa shape index (κ1) is 19.0. The van der Waals surface area contributed by atoms with E-state index >= 15 is 0 Å². The molecule has 0 spiro atoms. The predicted octanol–water partition coefficient (Wildman–Crippen LogP) is 2.50. The predicted molar refractivity (Wildman–Crippen MR) is 103 cm³/mol. The number of nitrogens with one attached hydrogen (secondary N) is 1. The summed E-state index contributed by atoms with van der Waals surface area (Å²) >= 11 is 1.30. The molecule has 0 fully saturated rings. The number of benzene rings is 1. The smallest absolute Gasteiger partial charge is 0.307 e. The zero-order valence-electron chi connectivity index (χ0n) is 15.2. The van der Waals surface area contributed by atoms with Crippen molar-refractivity contribution in [3.8, 4) is 0 Å². The number of carbonyl (C=O) groups is 3. The summed E-state index contributed by atoms with van der Waals surface area (Å²) in [6.07, 6.45) is 0.818. The molecule has 1 aliphatic heterocycles. The van der Waals surface area contributed by atoms with Crippen LogP contribution in [0.1, 0.15) is 30.7 Å². The van der Waals surface area contributed by atoms with Crippen LogP contribution in [0, 0.1) is 5.92 Å². The Morgan fingerprint density at radius 1 is 1.30 bits per heavy atom. The number of amides is 2. The molecule has 8 heteroatoms. The number of aliphatic carboxylic acids is 1. The summed E-state index contributed by atoms with van der Waals surface area (Å²) < 4.78 is 0. The Kier molecular flexibility index (Phi) is 5.55. The van der Waals surface area contributed by atoms with Gasteiger partial charge in [-0.3, -0.25) is 14.4 Å². The van der Waals surface area contributed by atoms with Gasteiger partial charge in [0.1, 0.15) is 0 Å². The van der Waals surface area contributed by atoms with Crippen molar-refractivity contribution in [3.63, 3.8) is 0 Å². The largest absolute Gasteiger partial charge is 0.481 e. The van der Waals surface area contributed by atoms with Gasteiger partial charge in [0, 0.05) is 23.5 Å². The minimum absolute atomic E-state index is 0.0691. The van der Waals surface area contributed by atoms with Crippen LogP contribution in [-0.2, 0) is 33.6 Å². The number of fused-ring (bicyclic) bond motifs is 1. The number of aromatic nitrogens is 1. The Bertz CT molecular complexity index is 891. The van der Waals surface area contributed by atoms with E-state index in [0.29, 0.717) is 22.9 Å². The minimum atomic E-state index is -0.899. The van der Waals surface area contributed by atoms with Gasteiger partial charge in [0.15, 0.2) is 5.13 Å². The third-order valence-corrected chi connectivity index (χ3v) is 5.15. The molecule has 1 aromatic carbocycles. The van der Waals surface area contributed by atoms with Gasteiger partial charge in [-0.25, -0.2) is 4.98 Å². The van der Waals surface area contributed by atoms with E-state index in [9.17, 15) is 14.4 Å². The van der Waals surface area contributed by atoms with Gasteiger partial charge in [-0.1, -0.05) is 26.0 Å². The normalized spacial score (nSPS) is 12.9. The summed E-state index contributed by atoms with van der Waals surface area (Å²) in [6.45, 7) is 4.18. The van der Waals surface area contributed by atoms with Crippen molar-refractivity contribution < 1.29 is 19.5 Å². The Hall–Kier alpha value is -2.74. The Labute approximate surface area is 161 Å². The highest BCUT2D eigenvalue weighted by Crippen LogP contribution is 2.30. The number of nitrogens with zero attached hydrogens (tertiary/aromatic N) is 2. The van der Waals surface area contributed by atoms with Gasteiger partial charge in [-0.15, -0.1) is 11.3 Å². The molecular formula is C19H21N3O4S. The third kappa shape index (κ3) is 4.51. The van der Waals surface area contributed by atoms with Crippen LogP contribution in [0.25, 0.3) is 0 Å². The van der Waals surface area contributed by atoms with E-state index in [1.165, 1.54) is 11.3 Å². The Morgan fingerprint density at radius 3 is 2.78 bits per heavy atom. The highest BCUT2D eigenvalue weighted by Gasteiger charge is 2.26. The van der Waals surface area contributed by atoms with Crippen molar-refractivity contribution in [3.05, 3.63) is 40.4 Å².